The van der Waals surface area contributed by atoms with Crippen LogP contribution in [-0.2, 0) is 0 Å². The minimum Gasteiger partial charge on any atom is -0.0671 e. The van der Waals surface area contributed by atoms with Gasteiger partial charge in [-0.15, -0.1) is 0 Å². The number of hydrogen-bond donors (Lipinski definition) is 0. The Hall–Kier alpha value is -3.04. The van der Waals surface area contributed by atoms with E-state index in [0.717, 1.165) is 0 Å². The average Bonchev–Trinajstić information content (AvgIpc) is 2.87. The summed E-state index contributed by atoms with van der Waals surface area (Å²) in [7, 11) is 0.599. The lowest BCUT2D eigenvalue weighted by atomic mass is 10.1. The SMILES string of the molecule is c1ccc(-c2cc(-c3ccccc3)c(P(c3ccccc3)c3ccccc3)cp2)cc1. The molecule has 0 fully saturated rings. The maximum Gasteiger partial charge on any atom is 0.00968 e. The second-order valence-electron chi connectivity index (χ2n) is 7.33. The van der Waals surface area contributed by atoms with E-state index in [-0.39, 0.29) is 0 Å². The minimum absolute atomic E-state index is 0.647. The molecule has 4 aromatic carbocycles. The molecule has 0 aliphatic carbocycles. The fraction of sp³-hybridized carbons (Fsp3) is 0. The van der Waals surface area contributed by atoms with Crippen LogP contribution in [0.5, 0.6) is 0 Å². The Morgan fingerprint density at radius 1 is 0.484 bits per heavy atom. The highest BCUT2D eigenvalue weighted by Crippen LogP contribution is 2.41. The van der Waals surface area contributed by atoms with Gasteiger partial charge in [0.05, 0.1) is 0 Å². The highest BCUT2D eigenvalue weighted by atomic mass is 31.1. The van der Waals surface area contributed by atoms with Crippen LogP contribution in [0.2, 0.25) is 0 Å². The van der Waals surface area contributed by atoms with E-state index >= 15 is 0 Å². The first-order chi connectivity index (χ1) is 15.4. The molecule has 0 saturated carbocycles. The predicted octanol–water partition coefficient (Wildman–Crippen LogP) is 7.36. The monoisotopic (exact) mass is 432 g/mol. The molecule has 0 saturated heterocycles. The van der Waals surface area contributed by atoms with Crippen molar-refractivity contribution in [2.75, 3.05) is 0 Å². The molecular formula is C29H22P2. The normalized spacial score (nSPS) is 11.1. The lowest BCUT2D eigenvalue weighted by Crippen LogP contribution is -2.21. The molecule has 1 heterocycles. The Kier molecular flexibility index (Phi) is 6.03. The van der Waals surface area contributed by atoms with E-state index in [2.05, 4.69) is 133 Å². The molecule has 0 radical (unpaired) electrons. The first kappa shape index (κ1) is 19.9. The summed E-state index contributed by atoms with van der Waals surface area (Å²) >= 11 is 0. The third kappa shape index (κ3) is 4.38. The van der Waals surface area contributed by atoms with E-state index in [9.17, 15) is 0 Å². The summed E-state index contributed by atoms with van der Waals surface area (Å²) < 4.78 is 0. The number of benzene rings is 4. The highest BCUT2D eigenvalue weighted by molar-refractivity contribution is 7.80. The van der Waals surface area contributed by atoms with Crippen molar-refractivity contribution >= 4 is 32.0 Å². The van der Waals surface area contributed by atoms with Crippen molar-refractivity contribution in [1.29, 1.82) is 0 Å². The molecule has 1 aromatic heterocycles. The molecule has 0 atom stereocenters. The molecule has 5 aromatic rings. The zero-order valence-electron chi connectivity index (χ0n) is 17.1. The van der Waals surface area contributed by atoms with E-state index in [1.165, 1.54) is 46.1 Å². The molecule has 0 N–H and O–H groups in total. The van der Waals surface area contributed by atoms with Crippen LogP contribution >= 0.6 is 16.1 Å². The van der Waals surface area contributed by atoms with Gasteiger partial charge in [-0.1, -0.05) is 130 Å². The standard InChI is InChI=1S/C29H22P2/c1-5-13-23(14-6-1)27-21-28(24-15-7-2-8-16-24)30-22-29(27)31(25-17-9-3-10-18-25)26-19-11-4-12-20-26/h1-22H. The van der Waals surface area contributed by atoms with Gasteiger partial charge in [0.25, 0.3) is 0 Å². The van der Waals surface area contributed by atoms with Crippen LogP contribution in [0.15, 0.2) is 133 Å². The van der Waals surface area contributed by atoms with Gasteiger partial charge in [-0.25, -0.2) is 0 Å². The molecule has 0 unspecified atom stereocenters. The van der Waals surface area contributed by atoms with Gasteiger partial charge >= 0.3 is 0 Å². The van der Waals surface area contributed by atoms with Gasteiger partial charge in [-0.2, -0.15) is 0 Å². The summed E-state index contributed by atoms with van der Waals surface area (Å²) in [6, 6.07) is 45.9. The summed E-state index contributed by atoms with van der Waals surface area (Å²) in [4.78, 5) is 0. The van der Waals surface area contributed by atoms with Crippen LogP contribution in [0, 0.1) is 0 Å². The Morgan fingerprint density at radius 3 is 1.45 bits per heavy atom. The molecular weight excluding hydrogens is 410 g/mol. The molecule has 0 nitrogen and oxygen atoms in total. The summed E-state index contributed by atoms with van der Waals surface area (Å²) in [6.07, 6.45) is 0. The third-order valence-corrected chi connectivity index (χ3v) is 9.04. The van der Waals surface area contributed by atoms with Crippen LogP contribution < -0.4 is 15.9 Å². The van der Waals surface area contributed by atoms with Gasteiger partial charge in [-0.3, -0.25) is 0 Å². The van der Waals surface area contributed by atoms with Crippen molar-refractivity contribution < 1.29 is 0 Å². The first-order valence-electron chi connectivity index (χ1n) is 10.4. The molecule has 0 spiro atoms. The largest absolute Gasteiger partial charge is 0.0671 e. The smallest absolute Gasteiger partial charge is 0.00968 e. The fourth-order valence-electron chi connectivity index (χ4n) is 3.82. The van der Waals surface area contributed by atoms with Crippen molar-refractivity contribution in [3.63, 3.8) is 0 Å². The lowest BCUT2D eigenvalue weighted by molar-refractivity contribution is 1.65. The summed E-state index contributed by atoms with van der Waals surface area (Å²) in [5.41, 5.74) is 3.89. The topological polar surface area (TPSA) is 0 Å². The van der Waals surface area contributed by atoms with Gasteiger partial charge in [-0.05, 0) is 52.4 Å². The van der Waals surface area contributed by atoms with Gasteiger partial charge in [0, 0.05) is 5.30 Å². The highest BCUT2D eigenvalue weighted by Gasteiger charge is 2.21. The van der Waals surface area contributed by atoms with Crippen LogP contribution in [0.1, 0.15) is 0 Å². The summed E-state index contributed by atoms with van der Waals surface area (Å²) in [6.45, 7) is 0. The van der Waals surface area contributed by atoms with Gasteiger partial charge < -0.3 is 0 Å². The van der Waals surface area contributed by atoms with Crippen LogP contribution in [0.4, 0.5) is 0 Å². The van der Waals surface area contributed by atoms with Crippen LogP contribution in [0.3, 0.4) is 0 Å². The van der Waals surface area contributed by atoms with Gasteiger partial charge in [0.15, 0.2) is 0 Å². The van der Waals surface area contributed by atoms with E-state index in [1.54, 1.807) is 0 Å². The van der Waals surface area contributed by atoms with Crippen molar-refractivity contribution in [3.05, 3.63) is 133 Å². The minimum atomic E-state index is -0.647. The van der Waals surface area contributed by atoms with Crippen molar-refractivity contribution in [2.24, 2.45) is 0 Å². The second kappa shape index (κ2) is 9.40. The predicted molar refractivity (Wildman–Crippen MR) is 139 cm³/mol. The van der Waals surface area contributed by atoms with Crippen LogP contribution in [-0.4, -0.2) is 0 Å². The zero-order valence-corrected chi connectivity index (χ0v) is 18.9. The van der Waals surface area contributed by atoms with E-state index < -0.39 is 7.92 Å². The Balaban J connectivity index is 1.75. The van der Waals surface area contributed by atoms with E-state index in [1.807, 2.05) is 0 Å². The molecule has 5 rings (SSSR count). The maximum absolute atomic E-state index is 2.44. The number of rotatable bonds is 5. The molecule has 0 bridgehead atoms. The summed E-state index contributed by atoms with van der Waals surface area (Å²) in [5.74, 6) is 2.44. The second-order valence-corrected chi connectivity index (χ2v) is 10.5. The molecule has 31 heavy (non-hydrogen) atoms. The van der Waals surface area contributed by atoms with E-state index in [4.69, 9.17) is 0 Å². The quantitative estimate of drug-likeness (QED) is 0.255. The van der Waals surface area contributed by atoms with Gasteiger partial charge in [0.1, 0.15) is 0 Å². The summed E-state index contributed by atoms with van der Waals surface area (Å²) in [5, 5.41) is 5.55. The average molecular weight is 432 g/mol. The lowest BCUT2D eigenvalue weighted by Gasteiger charge is -2.23. The molecule has 0 amide bonds. The molecule has 2 heteroatoms. The van der Waals surface area contributed by atoms with Crippen molar-refractivity contribution in [3.8, 4) is 22.0 Å². The van der Waals surface area contributed by atoms with Crippen molar-refractivity contribution in [2.45, 2.75) is 0 Å². The first-order valence-corrected chi connectivity index (χ1v) is 12.7. The zero-order chi connectivity index (χ0) is 20.9. The van der Waals surface area contributed by atoms with Crippen molar-refractivity contribution in [1.82, 2.24) is 0 Å². The molecule has 0 aliphatic heterocycles. The fourth-order valence-corrected chi connectivity index (χ4v) is 7.59. The number of hydrogen-bond acceptors (Lipinski definition) is 0. The molecule has 148 valence electrons. The Bertz CT molecular complexity index is 1210. The molecule has 0 aliphatic rings. The Morgan fingerprint density at radius 2 is 0.935 bits per heavy atom. The Labute approximate surface area is 187 Å². The van der Waals surface area contributed by atoms with Gasteiger partial charge in [0.2, 0.25) is 0 Å². The third-order valence-electron chi connectivity index (χ3n) is 5.31. The maximum atomic E-state index is 2.44. The van der Waals surface area contributed by atoms with Crippen LogP contribution in [0.25, 0.3) is 22.0 Å². The van der Waals surface area contributed by atoms with E-state index in [0.29, 0.717) is 0 Å².